The smallest absolute Gasteiger partial charge is 0.326 e. The van der Waals surface area contributed by atoms with Gasteiger partial charge in [-0.3, -0.25) is 4.79 Å². The van der Waals surface area contributed by atoms with Gasteiger partial charge in [0.25, 0.3) is 0 Å². The lowest BCUT2D eigenvalue weighted by molar-refractivity contribution is -0.161. The van der Waals surface area contributed by atoms with E-state index in [1.807, 2.05) is 27.7 Å². The van der Waals surface area contributed by atoms with Gasteiger partial charge in [-0.15, -0.1) is 0 Å². The van der Waals surface area contributed by atoms with Gasteiger partial charge in [0, 0.05) is 0 Å². The molecule has 3 nitrogen and oxygen atoms in total. The van der Waals surface area contributed by atoms with Gasteiger partial charge >= 0.3 is 5.97 Å². The first-order valence-corrected chi connectivity index (χ1v) is 4.21. The molecule has 1 unspecified atom stereocenters. The zero-order valence-electron chi connectivity index (χ0n) is 8.60. The maximum atomic E-state index is 11.4. The van der Waals surface area contributed by atoms with Crippen LogP contribution in [0.15, 0.2) is 0 Å². The molecule has 0 fully saturated rings. The summed E-state index contributed by atoms with van der Waals surface area (Å²) in [5.41, 5.74) is 4.39. The largest absolute Gasteiger partial charge is 0.459 e. The molecular weight excluding hydrogens is 154 g/mol. The molecule has 0 aliphatic heterocycles. The van der Waals surface area contributed by atoms with Gasteiger partial charge < -0.3 is 10.5 Å². The highest BCUT2D eigenvalue weighted by Gasteiger charge is 2.31. The second-order valence-electron chi connectivity index (χ2n) is 4.27. The summed E-state index contributed by atoms with van der Waals surface area (Å²) in [6, 6.07) is 0. The molecule has 1 atom stereocenters. The first-order chi connectivity index (χ1) is 5.19. The number of rotatable bonds is 2. The fourth-order valence-corrected chi connectivity index (χ4v) is 0.539. The molecule has 72 valence electrons. The predicted molar refractivity (Wildman–Crippen MR) is 48.7 cm³/mol. The van der Waals surface area contributed by atoms with E-state index in [0.29, 0.717) is 6.42 Å². The van der Waals surface area contributed by atoms with Gasteiger partial charge in [0.1, 0.15) is 11.1 Å². The van der Waals surface area contributed by atoms with E-state index in [1.165, 1.54) is 0 Å². The lowest BCUT2D eigenvalue weighted by atomic mass is 10.0. The van der Waals surface area contributed by atoms with E-state index in [4.69, 9.17) is 10.5 Å². The number of hydrogen-bond donors (Lipinski definition) is 1. The summed E-state index contributed by atoms with van der Waals surface area (Å²) in [4.78, 5) is 11.4. The van der Waals surface area contributed by atoms with Crippen LogP contribution in [0.1, 0.15) is 41.0 Å². The second-order valence-corrected chi connectivity index (χ2v) is 4.27. The number of ether oxygens (including phenoxy) is 1. The molecule has 0 rings (SSSR count). The Kier molecular flexibility index (Phi) is 3.27. The molecular formula is C9H19NO2. The molecule has 0 spiro atoms. The molecule has 0 aliphatic rings. The third-order valence-corrected chi connectivity index (χ3v) is 1.60. The Morgan fingerprint density at radius 2 is 1.75 bits per heavy atom. The van der Waals surface area contributed by atoms with Crippen molar-refractivity contribution in [3.8, 4) is 0 Å². The monoisotopic (exact) mass is 173 g/mol. The fraction of sp³-hybridized carbons (Fsp3) is 0.889. The molecule has 0 aromatic heterocycles. The molecule has 0 aromatic rings. The van der Waals surface area contributed by atoms with Crippen molar-refractivity contribution in [1.82, 2.24) is 0 Å². The van der Waals surface area contributed by atoms with Crippen LogP contribution in [0.25, 0.3) is 0 Å². The van der Waals surface area contributed by atoms with Crippen LogP contribution in [-0.4, -0.2) is 17.1 Å². The molecule has 0 bridgehead atoms. The summed E-state index contributed by atoms with van der Waals surface area (Å²) in [5.74, 6) is -0.336. The molecule has 0 aromatic carbocycles. The highest BCUT2D eigenvalue weighted by atomic mass is 16.6. The van der Waals surface area contributed by atoms with Gasteiger partial charge in [-0.05, 0) is 34.1 Å². The third kappa shape index (κ3) is 3.72. The lowest BCUT2D eigenvalue weighted by Gasteiger charge is -2.27. The van der Waals surface area contributed by atoms with Gasteiger partial charge in [0.15, 0.2) is 0 Å². The van der Waals surface area contributed by atoms with E-state index in [9.17, 15) is 4.79 Å². The van der Waals surface area contributed by atoms with Gasteiger partial charge in [0.05, 0.1) is 0 Å². The quantitative estimate of drug-likeness (QED) is 0.643. The first kappa shape index (κ1) is 11.4. The average Bonchev–Trinajstić information content (AvgIpc) is 1.84. The van der Waals surface area contributed by atoms with Crippen LogP contribution in [0.2, 0.25) is 0 Å². The minimum absolute atomic E-state index is 0.336. The van der Waals surface area contributed by atoms with Crippen LogP contribution in [0.3, 0.4) is 0 Å². The van der Waals surface area contributed by atoms with Crippen molar-refractivity contribution in [2.45, 2.75) is 52.2 Å². The average molecular weight is 173 g/mol. The topological polar surface area (TPSA) is 52.3 Å². The molecule has 3 heteroatoms. The molecule has 0 saturated carbocycles. The Balaban J connectivity index is 4.23. The van der Waals surface area contributed by atoms with Crippen LogP contribution in [-0.2, 0) is 9.53 Å². The molecule has 0 heterocycles. The van der Waals surface area contributed by atoms with E-state index < -0.39 is 11.1 Å². The van der Waals surface area contributed by atoms with E-state index in [2.05, 4.69) is 0 Å². The van der Waals surface area contributed by atoms with Crippen LogP contribution in [0.4, 0.5) is 0 Å². The predicted octanol–water partition coefficient (Wildman–Crippen LogP) is 1.46. The minimum Gasteiger partial charge on any atom is -0.459 e. The van der Waals surface area contributed by atoms with Crippen molar-refractivity contribution >= 4 is 5.97 Å². The van der Waals surface area contributed by atoms with E-state index >= 15 is 0 Å². The third-order valence-electron chi connectivity index (χ3n) is 1.60. The van der Waals surface area contributed by atoms with Crippen molar-refractivity contribution < 1.29 is 9.53 Å². The normalized spacial score (nSPS) is 16.8. The van der Waals surface area contributed by atoms with Crippen molar-refractivity contribution in [2.24, 2.45) is 5.73 Å². The number of hydrogen-bond acceptors (Lipinski definition) is 3. The minimum atomic E-state index is -0.854. The fourth-order valence-electron chi connectivity index (χ4n) is 0.539. The summed E-state index contributed by atoms with van der Waals surface area (Å²) in [6.45, 7) is 9.04. The molecule has 0 amide bonds. The zero-order valence-corrected chi connectivity index (χ0v) is 8.60. The van der Waals surface area contributed by atoms with Gasteiger partial charge in [0.2, 0.25) is 0 Å². The standard InChI is InChI=1S/C9H19NO2/c1-6-9(5,10)7(11)12-8(2,3)4/h6,10H2,1-5H3. The molecule has 0 aliphatic carbocycles. The van der Waals surface area contributed by atoms with Crippen molar-refractivity contribution in [3.63, 3.8) is 0 Å². The lowest BCUT2D eigenvalue weighted by Crippen LogP contribution is -2.47. The second kappa shape index (κ2) is 3.44. The Bertz CT molecular complexity index is 168. The Hall–Kier alpha value is -0.570. The van der Waals surface area contributed by atoms with E-state index in [-0.39, 0.29) is 5.97 Å². The van der Waals surface area contributed by atoms with Gasteiger partial charge in [-0.1, -0.05) is 6.92 Å². The summed E-state index contributed by atoms with van der Waals surface area (Å²) in [5, 5.41) is 0. The molecule has 2 N–H and O–H groups in total. The maximum absolute atomic E-state index is 11.4. The summed E-state index contributed by atoms with van der Waals surface area (Å²) >= 11 is 0. The van der Waals surface area contributed by atoms with Crippen molar-refractivity contribution in [3.05, 3.63) is 0 Å². The SMILES string of the molecule is CCC(C)(N)C(=O)OC(C)(C)C. The van der Waals surface area contributed by atoms with Gasteiger partial charge in [-0.2, -0.15) is 0 Å². The number of carbonyl (C=O) groups is 1. The summed E-state index contributed by atoms with van der Waals surface area (Å²) in [6.07, 6.45) is 0.585. The Morgan fingerprint density at radius 3 is 2.00 bits per heavy atom. The number of esters is 1. The molecule has 12 heavy (non-hydrogen) atoms. The highest BCUT2D eigenvalue weighted by molar-refractivity contribution is 5.80. The Morgan fingerprint density at radius 1 is 1.33 bits per heavy atom. The van der Waals surface area contributed by atoms with Crippen LogP contribution in [0.5, 0.6) is 0 Å². The maximum Gasteiger partial charge on any atom is 0.326 e. The highest BCUT2D eigenvalue weighted by Crippen LogP contribution is 2.14. The van der Waals surface area contributed by atoms with Crippen LogP contribution in [0, 0.1) is 0 Å². The van der Waals surface area contributed by atoms with Crippen molar-refractivity contribution in [2.75, 3.05) is 0 Å². The van der Waals surface area contributed by atoms with Crippen LogP contribution < -0.4 is 5.73 Å². The zero-order chi connectivity index (χ0) is 9.99. The number of carbonyl (C=O) groups excluding carboxylic acids is 1. The van der Waals surface area contributed by atoms with E-state index in [0.717, 1.165) is 0 Å². The van der Waals surface area contributed by atoms with Crippen LogP contribution >= 0.6 is 0 Å². The van der Waals surface area contributed by atoms with E-state index in [1.54, 1.807) is 6.92 Å². The summed E-state index contributed by atoms with van der Waals surface area (Å²) < 4.78 is 5.13. The molecule has 0 radical (unpaired) electrons. The summed E-state index contributed by atoms with van der Waals surface area (Å²) in [7, 11) is 0. The Labute approximate surface area is 74.3 Å². The van der Waals surface area contributed by atoms with Gasteiger partial charge in [-0.25, -0.2) is 0 Å². The van der Waals surface area contributed by atoms with Crippen molar-refractivity contribution in [1.29, 1.82) is 0 Å². The molecule has 0 saturated heterocycles. The number of nitrogens with two attached hydrogens (primary N) is 1. The first-order valence-electron chi connectivity index (χ1n) is 4.21.